The maximum atomic E-state index is 13.4. The quantitative estimate of drug-likeness (QED) is 0.724. The minimum Gasteiger partial charge on any atom is -0.369 e. The molecule has 0 unspecified atom stereocenters. The second-order valence-corrected chi connectivity index (χ2v) is 4.68. The van der Waals surface area contributed by atoms with Gasteiger partial charge in [-0.1, -0.05) is 12.1 Å². The number of nitrogens with zero attached hydrogens (tertiary/aromatic N) is 2. The molecule has 2 N–H and O–H groups in total. The van der Waals surface area contributed by atoms with Crippen molar-refractivity contribution in [2.45, 2.75) is 13.8 Å². The van der Waals surface area contributed by atoms with Gasteiger partial charge < -0.3 is 5.73 Å². The topological polar surface area (TPSA) is 43.8 Å². The third-order valence-electron chi connectivity index (χ3n) is 3.31. The highest BCUT2D eigenvalue weighted by atomic mass is 19.1. The monoisotopic (exact) mass is 255 g/mol. The molecule has 3 aromatic rings. The minimum atomic E-state index is -0.220. The Labute approximate surface area is 110 Å². The third-order valence-corrected chi connectivity index (χ3v) is 3.31. The third kappa shape index (κ3) is 1.76. The van der Waals surface area contributed by atoms with Gasteiger partial charge in [0.1, 0.15) is 5.82 Å². The summed E-state index contributed by atoms with van der Waals surface area (Å²) in [7, 11) is 0. The number of nitrogen functional groups attached to an aromatic ring is 1. The summed E-state index contributed by atoms with van der Waals surface area (Å²) in [5.74, 6) is 0.193. The molecule has 2 aromatic carbocycles. The smallest absolute Gasteiger partial charge is 0.205 e. The Hall–Kier alpha value is -2.36. The van der Waals surface area contributed by atoms with Crippen LogP contribution in [0.25, 0.3) is 16.7 Å². The first-order valence-electron chi connectivity index (χ1n) is 6.08. The molecule has 96 valence electrons. The van der Waals surface area contributed by atoms with Crippen molar-refractivity contribution in [2.75, 3.05) is 5.73 Å². The fourth-order valence-corrected chi connectivity index (χ4v) is 2.30. The van der Waals surface area contributed by atoms with Crippen LogP contribution in [0, 0.1) is 19.7 Å². The van der Waals surface area contributed by atoms with Gasteiger partial charge >= 0.3 is 0 Å². The molecule has 0 atom stereocenters. The molecule has 1 heterocycles. The van der Waals surface area contributed by atoms with Gasteiger partial charge in [0.15, 0.2) is 0 Å². The van der Waals surface area contributed by atoms with Crippen molar-refractivity contribution in [2.24, 2.45) is 0 Å². The Morgan fingerprint density at radius 2 is 1.89 bits per heavy atom. The van der Waals surface area contributed by atoms with E-state index < -0.39 is 0 Å². The van der Waals surface area contributed by atoms with Crippen LogP contribution in [0.2, 0.25) is 0 Å². The molecule has 3 rings (SSSR count). The van der Waals surface area contributed by atoms with Crippen molar-refractivity contribution in [1.29, 1.82) is 0 Å². The summed E-state index contributed by atoms with van der Waals surface area (Å²) in [4.78, 5) is 4.39. The first-order chi connectivity index (χ1) is 9.08. The molecule has 0 saturated heterocycles. The highest BCUT2D eigenvalue weighted by Gasteiger charge is 2.12. The van der Waals surface area contributed by atoms with E-state index in [4.69, 9.17) is 5.73 Å². The summed E-state index contributed by atoms with van der Waals surface area (Å²) < 4.78 is 15.2. The van der Waals surface area contributed by atoms with E-state index in [2.05, 4.69) is 4.98 Å². The van der Waals surface area contributed by atoms with Gasteiger partial charge in [0.25, 0.3) is 0 Å². The van der Waals surface area contributed by atoms with Crippen molar-refractivity contribution < 1.29 is 4.39 Å². The average Bonchev–Trinajstić information content (AvgIpc) is 2.71. The number of fused-ring (bicyclic) bond motifs is 1. The molecule has 0 aliphatic heterocycles. The largest absolute Gasteiger partial charge is 0.369 e. The van der Waals surface area contributed by atoms with Gasteiger partial charge in [-0.05, 0) is 49.2 Å². The van der Waals surface area contributed by atoms with Gasteiger partial charge in [-0.3, -0.25) is 4.57 Å². The molecule has 0 aliphatic rings. The summed E-state index contributed by atoms with van der Waals surface area (Å²) in [6.07, 6.45) is 0. The number of para-hydroxylation sites is 1. The van der Waals surface area contributed by atoms with Crippen LogP contribution in [0.5, 0.6) is 0 Å². The first kappa shape index (κ1) is 11.7. The number of halogens is 1. The Kier molecular flexibility index (Phi) is 2.52. The van der Waals surface area contributed by atoms with Crippen LogP contribution in [0.3, 0.4) is 0 Å². The number of nitrogens with two attached hydrogens (primary N) is 1. The van der Waals surface area contributed by atoms with E-state index in [0.717, 1.165) is 22.3 Å². The van der Waals surface area contributed by atoms with Crippen LogP contribution < -0.4 is 5.73 Å². The van der Waals surface area contributed by atoms with Gasteiger partial charge in [0, 0.05) is 5.69 Å². The fourth-order valence-electron chi connectivity index (χ4n) is 2.30. The zero-order chi connectivity index (χ0) is 13.6. The lowest BCUT2D eigenvalue weighted by molar-refractivity contribution is 0.618. The number of rotatable bonds is 1. The molecule has 0 bridgehead atoms. The maximum Gasteiger partial charge on any atom is 0.205 e. The molecule has 0 radical (unpaired) electrons. The van der Waals surface area contributed by atoms with E-state index in [1.165, 1.54) is 6.07 Å². The lowest BCUT2D eigenvalue weighted by Gasteiger charge is -2.08. The van der Waals surface area contributed by atoms with Crippen molar-refractivity contribution in [3.05, 3.63) is 53.3 Å². The van der Waals surface area contributed by atoms with E-state index in [1.807, 2.05) is 29.7 Å². The van der Waals surface area contributed by atoms with Crippen LogP contribution in [0.1, 0.15) is 11.1 Å². The number of imidazole rings is 1. The normalized spacial score (nSPS) is 11.1. The van der Waals surface area contributed by atoms with Crippen molar-refractivity contribution in [3.63, 3.8) is 0 Å². The highest BCUT2D eigenvalue weighted by molar-refractivity contribution is 5.83. The van der Waals surface area contributed by atoms with Gasteiger partial charge in [-0.15, -0.1) is 0 Å². The Morgan fingerprint density at radius 1 is 1.11 bits per heavy atom. The maximum absolute atomic E-state index is 13.4. The van der Waals surface area contributed by atoms with Crippen LogP contribution in [-0.4, -0.2) is 9.55 Å². The van der Waals surface area contributed by atoms with Gasteiger partial charge in [0.2, 0.25) is 5.95 Å². The van der Waals surface area contributed by atoms with E-state index >= 15 is 0 Å². The highest BCUT2D eigenvalue weighted by Crippen LogP contribution is 2.25. The summed E-state index contributed by atoms with van der Waals surface area (Å²) in [6.45, 7) is 3.73. The van der Waals surface area contributed by atoms with E-state index in [0.29, 0.717) is 11.5 Å². The predicted octanol–water partition coefficient (Wildman–Crippen LogP) is 3.36. The molecule has 3 nitrogen and oxygen atoms in total. The number of aromatic nitrogens is 2. The zero-order valence-corrected chi connectivity index (χ0v) is 10.8. The Balaban J connectivity index is 2.33. The fraction of sp³-hybridized carbons (Fsp3) is 0.133. The van der Waals surface area contributed by atoms with Crippen LogP contribution in [0.4, 0.5) is 10.3 Å². The number of hydrogen-bond donors (Lipinski definition) is 1. The molecule has 1 aromatic heterocycles. The molecular formula is C15H14FN3. The lowest BCUT2D eigenvalue weighted by Crippen LogP contribution is -2.01. The van der Waals surface area contributed by atoms with Crippen molar-refractivity contribution >= 4 is 17.0 Å². The number of aryl methyl sites for hydroxylation is 2. The molecule has 0 saturated carbocycles. The molecule has 4 heteroatoms. The second kappa shape index (κ2) is 4.09. The van der Waals surface area contributed by atoms with Gasteiger partial charge in [0.05, 0.1) is 11.0 Å². The van der Waals surface area contributed by atoms with Crippen molar-refractivity contribution in [3.8, 4) is 5.69 Å². The SMILES string of the molecule is Cc1cc(-n2c(N)nc3c(C)cccc32)ccc1F. The standard InChI is InChI=1S/C15H14FN3/c1-9-4-3-5-13-14(9)18-15(17)19(13)11-6-7-12(16)10(2)8-11/h3-8H,1-2H3,(H2,17,18). The Morgan fingerprint density at radius 3 is 2.63 bits per heavy atom. The zero-order valence-electron chi connectivity index (χ0n) is 10.8. The molecule has 0 fully saturated rings. The molecular weight excluding hydrogens is 241 g/mol. The number of hydrogen-bond acceptors (Lipinski definition) is 2. The minimum absolute atomic E-state index is 0.220. The summed E-state index contributed by atoms with van der Waals surface area (Å²) in [6, 6.07) is 10.9. The van der Waals surface area contributed by atoms with E-state index in [9.17, 15) is 4.39 Å². The second-order valence-electron chi connectivity index (χ2n) is 4.68. The average molecular weight is 255 g/mol. The van der Waals surface area contributed by atoms with Crippen LogP contribution in [0.15, 0.2) is 36.4 Å². The van der Waals surface area contributed by atoms with Crippen LogP contribution in [-0.2, 0) is 0 Å². The number of benzene rings is 2. The lowest BCUT2D eigenvalue weighted by atomic mass is 10.2. The van der Waals surface area contributed by atoms with Gasteiger partial charge in [-0.2, -0.15) is 0 Å². The predicted molar refractivity (Wildman–Crippen MR) is 74.9 cm³/mol. The number of anilines is 1. The molecule has 0 spiro atoms. The van der Waals surface area contributed by atoms with E-state index in [-0.39, 0.29) is 5.82 Å². The summed E-state index contributed by atoms with van der Waals surface area (Å²) in [5, 5.41) is 0. The first-order valence-corrected chi connectivity index (χ1v) is 6.08. The van der Waals surface area contributed by atoms with Gasteiger partial charge in [-0.25, -0.2) is 9.37 Å². The molecule has 0 amide bonds. The summed E-state index contributed by atoms with van der Waals surface area (Å²) in [5.41, 5.74) is 10.3. The van der Waals surface area contributed by atoms with Crippen molar-refractivity contribution in [1.82, 2.24) is 9.55 Å². The summed E-state index contributed by atoms with van der Waals surface area (Å²) >= 11 is 0. The Bertz CT molecular complexity index is 774. The molecule has 19 heavy (non-hydrogen) atoms. The van der Waals surface area contributed by atoms with Crippen LogP contribution >= 0.6 is 0 Å². The van der Waals surface area contributed by atoms with E-state index in [1.54, 1.807) is 19.1 Å². The molecule has 0 aliphatic carbocycles.